The second-order valence-electron chi connectivity index (χ2n) is 8.24. The number of nitrogens with one attached hydrogen (secondary N) is 1. The summed E-state index contributed by atoms with van der Waals surface area (Å²) in [5, 5.41) is 3.05. The molecule has 1 saturated carbocycles. The van der Waals surface area contributed by atoms with Crippen LogP contribution in [0, 0.1) is 5.92 Å². The average molecular weight is 403 g/mol. The van der Waals surface area contributed by atoms with E-state index in [2.05, 4.69) is 44.0 Å². The van der Waals surface area contributed by atoms with E-state index in [0.717, 1.165) is 37.0 Å². The summed E-state index contributed by atoms with van der Waals surface area (Å²) in [5.74, 6) is 1.09. The molecular formula is C23H34N2O2S. The van der Waals surface area contributed by atoms with Crippen LogP contribution in [0.25, 0.3) is 5.57 Å². The third-order valence-corrected chi connectivity index (χ3v) is 5.93. The third-order valence-electron chi connectivity index (χ3n) is 4.79. The predicted octanol–water partition coefficient (Wildman–Crippen LogP) is 5.46. The Bertz CT molecular complexity index is 678. The molecule has 0 spiro atoms. The lowest BCUT2D eigenvalue weighted by atomic mass is 9.85. The maximum Gasteiger partial charge on any atom is 0.223 e. The fourth-order valence-corrected chi connectivity index (χ4v) is 4.71. The highest BCUT2D eigenvalue weighted by molar-refractivity contribution is 7.98. The Labute approximate surface area is 174 Å². The topological polar surface area (TPSA) is 45.5 Å². The Kier molecular flexibility index (Phi) is 8.64. The van der Waals surface area contributed by atoms with Crippen molar-refractivity contribution in [1.82, 2.24) is 9.62 Å². The van der Waals surface area contributed by atoms with E-state index in [0.29, 0.717) is 12.6 Å². The minimum Gasteiger partial charge on any atom is -0.464 e. The van der Waals surface area contributed by atoms with Crippen LogP contribution in [0.3, 0.4) is 0 Å². The molecule has 4 nitrogen and oxygen atoms in total. The van der Waals surface area contributed by atoms with Gasteiger partial charge in [-0.15, -0.1) is 0 Å². The largest absolute Gasteiger partial charge is 0.464 e. The van der Waals surface area contributed by atoms with Crippen molar-refractivity contribution in [2.24, 2.45) is 5.92 Å². The molecule has 1 N–H and O–H groups in total. The van der Waals surface area contributed by atoms with Crippen molar-refractivity contribution in [2.45, 2.75) is 57.2 Å². The molecule has 0 aromatic carbocycles. The standard InChI is InChI=1S/C23H34N2O2S/c1-6-9-18(21-11-8-17-27-21)10-7-16-24-22(26)19-12-14-20(15-13-19)25(5)28-23(2,3)4/h6-11,17,19-20H,1,12-16H2,2-5H3,(H,24,26)/b10-7-,18-9+. The van der Waals surface area contributed by atoms with E-state index in [1.807, 2.05) is 42.3 Å². The molecule has 0 atom stereocenters. The van der Waals surface area contributed by atoms with Gasteiger partial charge in [0.2, 0.25) is 5.91 Å². The summed E-state index contributed by atoms with van der Waals surface area (Å²) in [6.45, 7) is 11.0. The zero-order valence-corrected chi connectivity index (χ0v) is 18.4. The Hall–Kier alpha value is -1.72. The fourth-order valence-electron chi connectivity index (χ4n) is 3.49. The van der Waals surface area contributed by atoms with Crippen LogP contribution in [0.5, 0.6) is 0 Å². The van der Waals surface area contributed by atoms with E-state index in [9.17, 15) is 4.79 Å². The summed E-state index contributed by atoms with van der Waals surface area (Å²) in [6, 6.07) is 4.33. The minimum atomic E-state index is 0.131. The van der Waals surface area contributed by atoms with Gasteiger partial charge in [0.15, 0.2) is 0 Å². The van der Waals surface area contributed by atoms with E-state index in [1.165, 1.54) is 0 Å². The molecule has 1 aromatic rings. The van der Waals surface area contributed by atoms with Crippen LogP contribution in [0.2, 0.25) is 0 Å². The summed E-state index contributed by atoms with van der Waals surface area (Å²) in [4.78, 5) is 12.5. The third kappa shape index (κ3) is 7.36. The number of furan rings is 1. The van der Waals surface area contributed by atoms with Crippen molar-refractivity contribution < 1.29 is 9.21 Å². The number of rotatable bonds is 8. The molecule has 1 fully saturated rings. The monoisotopic (exact) mass is 402 g/mol. The second-order valence-corrected chi connectivity index (χ2v) is 10.2. The first-order valence-corrected chi connectivity index (χ1v) is 10.8. The number of amides is 1. The van der Waals surface area contributed by atoms with Gasteiger partial charge in [-0.05, 0) is 65.6 Å². The summed E-state index contributed by atoms with van der Waals surface area (Å²) < 4.78 is 8.03. The fraction of sp³-hybridized carbons (Fsp3) is 0.522. The molecule has 0 radical (unpaired) electrons. The number of carbonyl (C=O) groups is 1. The van der Waals surface area contributed by atoms with Gasteiger partial charge < -0.3 is 9.73 Å². The van der Waals surface area contributed by atoms with Crippen molar-refractivity contribution in [1.29, 1.82) is 0 Å². The smallest absolute Gasteiger partial charge is 0.223 e. The van der Waals surface area contributed by atoms with Gasteiger partial charge in [-0.25, -0.2) is 0 Å². The molecule has 1 aromatic heterocycles. The molecule has 0 aliphatic heterocycles. The van der Waals surface area contributed by atoms with Crippen LogP contribution in [0.4, 0.5) is 0 Å². The highest BCUT2D eigenvalue weighted by atomic mass is 32.2. The number of carbonyl (C=O) groups excluding carboxylic acids is 1. The maximum atomic E-state index is 12.5. The highest BCUT2D eigenvalue weighted by Gasteiger charge is 2.29. The van der Waals surface area contributed by atoms with Gasteiger partial charge in [0, 0.05) is 28.8 Å². The van der Waals surface area contributed by atoms with Gasteiger partial charge in [-0.3, -0.25) is 9.10 Å². The molecule has 154 valence electrons. The quantitative estimate of drug-likeness (QED) is 0.463. The summed E-state index contributed by atoms with van der Waals surface area (Å²) >= 11 is 1.90. The molecule has 0 saturated heterocycles. The molecule has 1 heterocycles. The van der Waals surface area contributed by atoms with E-state index in [1.54, 1.807) is 12.3 Å². The lowest BCUT2D eigenvalue weighted by molar-refractivity contribution is -0.125. The molecular weight excluding hydrogens is 368 g/mol. The van der Waals surface area contributed by atoms with Crippen LogP contribution >= 0.6 is 11.9 Å². The van der Waals surface area contributed by atoms with Gasteiger partial charge in [-0.1, -0.05) is 42.8 Å². The Morgan fingerprint density at radius 1 is 1.36 bits per heavy atom. The molecule has 0 bridgehead atoms. The molecule has 5 heteroatoms. The van der Waals surface area contributed by atoms with Gasteiger partial charge in [0.05, 0.1) is 6.26 Å². The van der Waals surface area contributed by atoms with Gasteiger partial charge in [-0.2, -0.15) is 0 Å². The van der Waals surface area contributed by atoms with E-state index in [4.69, 9.17) is 4.42 Å². The number of hydrogen-bond donors (Lipinski definition) is 1. The first kappa shape index (κ1) is 22.6. The lowest BCUT2D eigenvalue weighted by Crippen LogP contribution is -2.38. The molecule has 1 aliphatic carbocycles. The predicted molar refractivity (Wildman–Crippen MR) is 120 cm³/mol. The average Bonchev–Trinajstić information content (AvgIpc) is 3.17. The summed E-state index contributed by atoms with van der Waals surface area (Å²) in [5.41, 5.74) is 0.939. The maximum absolute atomic E-state index is 12.5. The molecule has 1 amide bonds. The van der Waals surface area contributed by atoms with E-state index >= 15 is 0 Å². The second kappa shape index (κ2) is 10.7. The van der Waals surface area contributed by atoms with Crippen LogP contribution in [-0.2, 0) is 4.79 Å². The molecule has 1 aliphatic rings. The number of allylic oxidation sites excluding steroid dienone is 4. The van der Waals surface area contributed by atoms with Crippen molar-refractivity contribution >= 4 is 23.4 Å². The Morgan fingerprint density at radius 3 is 2.64 bits per heavy atom. The van der Waals surface area contributed by atoms with Crippen molar-refractivity contribution in [3.63, 3.8) is 0 Å². The Balaban J connectivity index is 1.75. The van der Waals surface area contributed by atoms with Gasteiger partial charge in [0.1, 0.15) is 5.76 Å². The summed E-state index contributed by atoms with van der Waals surface area (Å²) in [7, 11) is 2.18. The van der Waals surface area contributed by atoms with Crippen LogP contribution in [0.15, 0.2) is 53.7 Å². The SMILES string of the molecule is C=C/C=C(\C=C/CNC(=O)C1CCC(N(C)SC(C)(C)C)CC1)c1ccco1. The van der Waals surface area contributed by atoms with Crippen LogP contribution in [-0.4, -0.2) is 34.6 Å². The van der Waals surface area contributed by atoms with Crippen molar-refractivity contribution in [3.8, 4) is 0 Å². The van der Waals surface area contributed by atoms with Crippen molar-refractivity contribution in [3.05, 3.63) is 55.0 Å². The molecule has 0 unspecified atom stereocenters. The van der Waals surface area contributed by atoms with Crippen molar-refractivity contribution in [2.75, 3.05) is 13.6 Å². The highest BCUT2D eigenvalue weighted by Crippen LogP contribution is 2.34. The first-order chi connectivity index (χ1) is 13.3. The molecule has 2 rings (SSSR count). The first-order valence-electron chi connectivity index (χ1n) is 10.0. The van der Waals surface area contributed by atoms with Crippen LogP contribution < -0.4 is 5.32 Å². The molecule has 28 heavy (non-hydrogen) atoms. The Morgan fingerprint density at radius 2 is 2.07 bits per heavy atom. The zero-order valence-electron chi connectivity index (χ0n) is 17.6. The van der Waals surface area contributed by atoms with E-state index < -0.39 is 0 Å². The number of hydrogen-bond acceptors (Lipinski definition) is 4. The zero-order chi connectivity index (χ0) is 20.6. The minimum absolute atomic E-state index is 0.131. The summed E-state index contributed by atoms with van der Waals surface area (Å²) in [6.07, 6.45) is 13.3. The number of nitrogens with zero attached hydrogens (tertiary/aromatic N) is 1. The van der Waals surface area contributed by atoms with Gasteiger partial charge in [0.25, 0.3) is 0 Å². The van der Waals surface area contributed by atoms with Gasteiger partial charge >= 0.3 is 0 Å². The lowest BCUT2D eigenvalue weighted by Gasteiger charge is -2.36. The van der Waals surface area contributed by atoms with E-state index in [-0.39, 0.29) is 16.6 Å². The van der Waals surface area contributed by atoms with Crippen LogP contribution in [0.1, 0.15) is 52.2 Å². The normalized spacial score (nSPS) is 21.2.